The molecule has 0 fully saturated rings. The molecule has 2 aromatic rings. The van der Waals surface area contributed by atoms with Gasteiger partial charge in [0.15, 0.2) is 0 Å². The summed E-state index contributed by atoms with van der Waals surface area (Å²) in [6.45, 7) is 3.55. The standard InChI is InChI=1S/C13H13FN2OS/c1-7-3-9(5-10(14)4-7)12(17)11-6-18-13(16-11)8(2)15/h3-6,8H,15H2,1-2H3. The molecule has 0 saturated heterocycles. The maximum absolute atomic E-state index is 13.2. The molecule has 94 valence electrons. The molecule has 2 rings (SSSR count). The van der Waals surface area contributed by atoms with Crippen LogP contribution >= 0.6 is 11.3 Å². The van der Waals surface area contributed by atoms with Gasteiger partial charge in [0, 0.05) is 10.9 Å². The number of hydrogen-bond acceptors (Lipinski definition) is 4. The van der Waals surface area contributed by atoms with Crippen LogP contribution in [0.2, 0.25) is 0 Å². The first-order chi connectivity index (χ1) is 8.47. The first-order valence-electron chi connectivity index (χ1n) is 5.50. The van der Waals surface area contributed by atoms with Gasteiger partial charge in [-0.15, -0.1) is 11.3 Å². The molecule has 0 spiro atoms. The molecule has 18 heavy (non-hydrogen) atoms. The molecule has 0 aliphatic rings. The molecular weight excluding hydrogens is 251 g/mol. The Morgan fingerprint density at radius 2 is 2.17 bits per heavy atom. The molecule has 2 N–H and O–H groups in total. The van der Waals surface area contributed by atoms with Crippen molar-refractivity contribution in [1.82, 2.24) is 4.98 Å². The van der Waals surface area contributed by atoms with Crippen LogP contribution in [0.15, 0.2) is 23.6 Å². The minimum Gasteiger partial charge on any atom is -0.322 e. The predicted octanol–water partition coefficient (Wildman–Crippen LogP) is 2.84. The molecule has 0 aliphatic heterocycles. The van der Waals surface area contributed by atoms with E-state index in [1.165, 1.54) is 23.5 Å². The van der Waals surface area contributed by atoms with Crippen LogP contribution < -0.4 is 5.73 Å². The van der Waals surface area contributed by atoms with Crippen molar-refractivity contribution in [2.24, 2.45) is 5.73 Å². The summed E-state index contributed by atoms with van der Waals surface area (Å²) in [7, 11) is 0. The fraction of sp³-hybridized carbons (Fsp3) is 0.231. The van der Waals surface area contributed by atoms with Gasteiger partial charge >= 0.3 is 0 Å². The fourth-order valence-electron chi connectivity index (χ4n) is 1.62. The zero-order valence-electron chi connectivity index (χ0n) is 10.1. The van der Waals surface area contributed by atoms with Crippen LogP contribution in [-0.4, -0.2) is 10.8 Å². The average Bonchev–Trinajstić information content (AvgIpc) is 2.75. The third kappa shape index (κ3) is 2.63. The second-order valence-corrected chi connectivity index (χ2v) is 5.10. The lowest BCUT2D eigenvalue weighted by Gasteiger charge is -2.01. The van der Waals surface area contributed by atoms with E-state index in [2.05, 4.69) is 4.98 Å². The van der Waals surface area contributed by atoms with Crippen molar-refractivity contribution in [3.8, 4) is 0 Å². The molecule has 1 aromatic heterocycles. The van der Waals surface area contributed by atoms with Crippen molar-refractivity contribution in [1.29, 1.82) is 0 Å². The van der Waals surface area contributed by atoms with E-state index in [1.54, 1.807) is 25.3 Å². The Labute approximate surface area is 108 Å². The Hall–Kier alpha value is -1.59. The summed E-state index contributed by atoms with van der Waals surface area (Å²) in [4.78, 5) is 16.3. The zero-order valence-corrected chi connectivity index (χ0v) is 10.9. The number of aryl methyl sites for hydroxylation is 1. The number of ketones is 1. The molecule has 0 amide bonds. The highest BCUT2D eigenvalue weighted by Gasteiger charge is 2.15. The monoisotopic (exact) mass is 264 g/mol. The van der Waals surface area contributed by atoms with E-state index >= 15 is 0 Å². The third-order valence-corrected chi connectivity index (χ3v) is 3.49. The minimum absolute atomic E-state index is 0.203. The summed E-state index contributed by atoms with van der Waals surface area (Å²) in [6.07, 6.45) is 0. The Kier molecular flexibility index (Phi) is 3.54. The maximum atomic E-state index is 13.2. The average molecular weight is 264 g/mol. The number of carbonyl (C=O) groups is 1. The number of hydrogen-bond donors (Lipinski definition) is 1. The van der Waals surface area contributed by atoms with Gasteiger partial charge in [-0.3, -0.25) is 4.79 Å². The third-order valence-electron chi connectivity index (χ3n) is 2.45. The van der Waals surface area contributed by atoms with Crippen molar-refractivity contribution in [3.05, 3.63) is 51.2 Å². The number of thiazole rings is 1. The Balaban J connectivity index is 2.35. The van der Waals surface area contributed by atoms with Gasteiger partial charge in [0.2, 0.25) is 5.78 Å². The van der Waals surface area contributed by atoms with Crippen LogP contribution in [-0.2, 0) is 0 Å². The van der Waals surface area contributed by atoms with Gasteiger partial charge in [-0.2, -0.15) is 0 Å². The predicted molar refractivity (Wildman–Crippen MR) is 69.3 cm³/mol. The number of rotatable bonds is 3. The van der Waals surface area contributed by atoms with Crippen LogP contribution in [0.5, 0.6) is 0 Å². The summed E-state index contributed by atoms with van der Waals surface area (Å²) in [5.41, 5.74) is 7.03. The number of benzene rings is 1. The van der Waals surface area contributed by atoms with E-state index in [0.717, 1.165) is 0 Å². The minimum atomic E-state index is -0.416. The molecule has 1 heterocycles. The number of halogens is 1. The number of carbonyl (C=O) groups excluding carboxylic acids is 1. The SMILES string of the molecule is Cc1cc(F)cc(C(=O)c2csc(C(C)N)n2)c1. The molecule has 0 saturated carbocycles. The number of aromatic nitrogens is 1. The lowest BCUT2D eigenvalue weighted by Crippen LogP contribution is -2.07. The lowest BCUT2D eigenvalue weighted by molar-refractivity contribution is 0.103. The maximum Gasteiger partial charge on any atom is 0.212 e. The van der Waals surface area contributed by atoms with E-state index in [-0.39, 0.29) is 11.8 Å². The second-order valence-electron chi connectivity index (χ2n) is 4.21. The van der Waals surface area contributed by atoms with Crippen LogP contribution in [0, 0.1) is 12.7 Å². The summed E-state index contributed by atoms with van der Waals surface area (Å²) >= 11 is 1.34. The van der Waals surface area contributed by atoms with Gasteiger partial charge in [-0.1, -0.05) is 0 Å². The molecule has 0 bridgehead atoms. The molecule has 3 nitrogen and oxygen atoms in total. The van der Waals surface area contributed by atoms with Crippen molar-refractivity contribution in [2.45, 2.75) is 19.9 Å². The Morgan fingerprint density at radius 1 is 1.44 bits per heavy atom. The van der Waals surface area contributed by atoms with Gasteiger partial charge in [0.25, 0.3) is 0 Å². The first kappa shape index (κ1) is 12.9. The largest absolute Gasteiger partial charge is 0.322 e. The van der Waals surface area contributed by atoms with Crippen molar-refractivity contribution < 1.29 is 9.18 Å². The smallest absolute Gasteiger partial charge is 0.212 e. The highest BCUT2D eigenvalue weighted by atomic mass is 32.1. The highest BCUT2D eigenvalue weighted by Crippen LogP contribution is 2.19. The zero-order chi connectivity index (χ0) is 13.3. The van der Waals surface area contributed by atoms with Gasteiger partial charge < -0.3 is 5.73 Å². The number of nitrogens with zero attached hydrogens (tertiary/aromatic N) is 1. The summed E-state index contributed by atoms with van der Waals surface area (Å²) < 4.78 is 13.2. The van der Waals surface area contributed by atoms with E-state index < -0.39 is 5.82 Å². The fourth-order valence-corrected chi connectivity index (χ4v) is 2.37. The van der Waals surface area contributed by atoms with Crippen molar-refractivity contribution in [2.75, 3.05) is 0 Å². The Morgan fingerprint density at radius 3 is 2.72 bits per heavy atom. The van der Waals surface area contributed by atoms with Gasteiger partial charge in [0.1, 0.15) is 16.5 Å². The molecule has 1 atom stereocenters. The lowest BCUT2D eigenvalue weighted by atomic mass is 10.1. The summed E-state index contributed by atoms with van der Waals surface area (Å²) in [5, 5.41) is 2.35. The molecule has 1 unspecified atom stereocenters. The molecule has 5 heteroatoms. The van der Waals surface area contributed by atoms with Crippen LogP contribution in [0.3, 0.4) is 0 Å². The van der Waals surface area contributed by atoms with Gasteiger partial charge in [0.05, 0.1) is 6.04 Å². The van der Waals surface area contributed by atoms with Crippen molar-refractivity contribution in [3.63, 3.8) is 0 Å². The van der Waals surface area contributed by atoms with Crippen LogP contribution in [0.25, 0.3) is 0 Å². The quantitative estimate of drug-likeness (QED) is 0.867. The Bertz CT molecular complexity index is 572. The van der Waals surface area contributed by atoms with E-state index in [0.29, 0.717) is 21.8 Å². The van der Waals surface area contributed by atoms with Crippen molar-refractivity contribution >= 4 is 17.1 Å². The van der Waals surface area contributed by atoms with E-state index in [4.69, 9.17) is 5.73 Å². The molecule has 0 radical (unpaired) electrons. The number of nitrogens with two attached hydrogens (primary N) is 1. The summed E-state index contributed by atoms with van der Waals surface area (Å²) in [6, 6.07) is 4.05. The first-order valence-corrected chi connectivity index (χ1v) is 6.38. The van der Waals surface area contributed by atoms with E-state index in [1.807, 2.05) is 0 Å². The van der Waals surface area contributed by atoms with Crippen LogP contribution in [0.1, 0.15) is 39.6 Å². The highest BCUT2D eigenvalue weighted by molar-refractivity contribution is 7.09. The normalized spacial score (nSPS) is 12.4. The van der Waals surface area contributed by atoms with E-state index in [9.17, 15) is 9.18 Å². The topological polar surface area (TPSA) is 56.0 Å². The van der Waals surface area contributed by atoms with Crippen LogP contribution in [0.4, 0.5) is 4.39 Å². The second kappa shape index (κ2) is 4.96. The molecule has 0 aliphatic carbocycles. The van der Waals surface area contributed by atoms with Gasteiger partial charge in [-0.25, -0.2) is 9.37 Å². The molecular formula is C13H13FN2OS. The van der Waals surface area contributed by atoms with Gasteiger partial charge in [-0.05, 0) is 37.6 Å². The summed E-state index contributed by atoms with van der Waals surface area (Å²) in [5.74, 6) is -0.693. The molecule has 1 aromatic carbocycles.